The van der Waals surface area contributed by atoms with E-state index in [-0.39, 0.29) is 23.8 Å². The van der Waals surface area contributed by atoms with Crippen LogP contribution in [0.15, 0.2) is 60.8 Å². The Labute approximate surface area is 202 Å². The van der Waals surface area contributed by atoms with Crippen molar-refractivity contribution in [2.24, 2.45) is 0 Å². The Kier molecular flexibility index (Phi) is 5.64. The van der Waals surface area contributed by atoms with Gasteiger partial charge in [0.25, 0.3) is 5.91 Å². The molecule has 6 rings (SSSR count). The lowest BCUT2D eigenvalue weighted by Gasteiger charge is -2.30. The van der Waals surface area contributed by atoms with Gasteiger partial charge in [-0.3, -0.25) is 4.79 Å². The Balaban J connectivity index is 1.16. The van der Waals surface area contributed by atoms with Crippen molar-refractivity contribution in [3.63, 3.8) is 0 Å². The number of anilines is 1. The van der Waals surface area contributed by atoms with E-state index in [9.17, 15) is 9.18 Å². The number of nitrogens with one attached hydrogen (secondary N) is 2. The minimum absolute atomic E-state index is 0.110. The topological polar surface area (TPSA) is 84.7 Å². The van der Waals surface area contributed by atoms with Crippen LogP contribution in [0.2, 0.25) is 0 Å². The highest BCUT2D eigenvalue weighted by Gasteiger charge is 2.30. The summed E-state index contributed by atoms with van der Waals surface area (Å²) >= 11 is 0. The molecule has 2 aliphatic rings. The number of fused-ring (bicyclic) bond motifs is 1. The molecule has 0 atom stereocenters. The van der Waals surface area contributed by atoms with Crippen molar-refractivity contribution in [3.8, 4) is 5.69 Å². The van der Waals surface area contributed by atoms with Crippen LogP contribution in [-0.2, 0) is 0 Å². The van der Waals surface area contributed by atoms with Gasteiger partial charge in [-0.1, -0.05) is 18.2 Å². The molecule has 2 aliphatic carbocycles. The quantitative estimate of drug-likeness (QED) is 0.415. The zero-order valence-corrected chi connectivity index (χ0v) is 19.3. The molecule has 0 bridgehead atoms. The van der Waals surface area contributed by atoms with Crippen molar-refractivity contribution in [3.05, 3.63) is 78.0 Å². The number of hydrogen-bond acceptors (Lipinski definition) is 5. The minimum atomic E-state index is -0.342. The maximum Gasteiger partial charge on any atom is 0.251 e. The van der Waals surface area contributed by atoms with Crippen LogP contribution in [0.25, 0.3) is 16.7 Å². The first kappa shape index (κ1) is 21.7. The first-order valence-electron chi connectivity index (χ1n) is 12.3. The predicted octanol–water partition coefficient (Wildman–Crippen LogP) is 4.99. The average molecular weight is 471 g/mol. The van der Waals surface area contributed by atoms with Crippen LogP contribution in [0.3, 0.4) is 0 Å². The Morgan fingerprint density at radius 1 is 0.886 bits per heavy atom. The largest absolute Gasteiger partial charge is 0.367 e. The van der Waals surface area contributed by atoms with Crippen molar-refractivity contribution in [1.82, 2.24) is 25.1 Å². The summed E-state index contributed by atoms with van der Waals surface area (Å²) < 4.78 is 15.0. The lowest BCUT2D eigenvalue weighted by atomic mass is 9.91. The van der Waals surface area contributed by atoms with Gasteiger partial charge in [-0.15, -0.1) is 0 Å². The van der Waals surface area contributed by atoms with Crippen molar-refractivity contribution >= 4 is 22.8 Å². The van der Waals surface area contributed by atoms with Gasteiger partial charge in [0.15, 0.2) is 5.65 Å². The molecule has 4 aromatic rings. The van der Waals surface area contributed by atoms with Crippen molar-refractivity contribution in [1.29, 1.82) is 0 Å². The minimum Gasteiger partial charge on any atom is -0.367 e. The fourth-order valence-corrected chi connectivity index (χ4v) is 4.76. The summed E-state index contributed by atoms with van der Waals surface area (Å²) in [5.41, 5.74) is 2.29. The summed E-state index contributed by atoms with van der Waals surface area (Å²) in [6.45, 7) is 0. The van der Waals surface area contributed by atoms with Gasteiger partial charge in [-0.2, -0.15) is 5.10 Å². The summed E-state index contributed by atoms with van der Waals surface area (Å²) in [5, 5.41) is 12.3. The number of para-hydroxylation sites is 1. The van der Waals surface area contributed by atoms with Crippen molar-refractivity contribution in [2.75, 3.05) is 5.32 Å². The van der Waals surface area contributed by atoms with Gasteiger partial charge >= 0.3 is 0 Å². The predicted molar refractivity (Wildman–Crippen MR) is 132 cm³/mol. The normalized spacial score (nSPS) is 20.0. The summed E-state index contributed by atoms with van der Waals surface area (Å²) in [4.78, 5) is 22.3. The van der Waals surface area contributed by atoms with Crippen LogP contribution in [0.4, 0.5) is 10.2 Å². The number of benzene rings is 2. The Morgan fingerprint density at radius 2 is 1.60 bits per heavy atom. The molecule has 35 heavy (non-hydrogen) atoms. The molecule has 0 unspecified atom stereocenters. The van der Waals surface area contributed by atoms with Crippen molar-refractivity contribution in [2.45, 2.75) is 56.5 Å². The highest BCUT2D eigenvalue weighted by Crippen LogP contribution is 2.40. The van der Waals surface area contributed by atoms with Gasteiger partial charge in [0.2, 0.25) is 0 Å². The van der Waals surface area contributed by atoms with Gasteiger partial charge in [-0.25, -0.2) is 19.0 Å². The van der Waals surface area contributed by atoms with E-state index in [1.807, 2.05) is 41.2 Å². The molecule has 1 amide bonds. The highest BCUT2D eigenvalue weighted by atomic mass is 19.1. The number of amides is 1. The van der Waals surface area contributed by atoms with Crippen LogP contribution in [-0.4, -0.2) is 37.7 Å². The molecule has 2 N–H and O–H groups in total. The molecule has 2 heterocycles. The molecule has 2 fully saturated rings. The van der Waals surface area contributed by atoms with Crippen LogP contribution in [0.5, 0.6) is 0 Å². The third-order valence-electron chi connectivity index (χ3n) is 6.90. The van der Waals surface area contributed by atoms with Crippen LogP contribution < -0.4 is 10.6 Å². The summed E-state index contributed by atoms with van der Waals surface area (Å²) in [7, 11) is 0. The SMILES string of the molecule is O=C(NC1CCC(Nc2nc(C3CC3)nc3c2cnn3-c2ccccc2)CC1)c1ccc(F)cc1. The molecule has 0 spiro atoms. The van der Waals surface area contributed by atoms with E-state index in [1.165, 1.54) is 24.3 Å². The average Bonchev–Trinajstić information content (AvgIpc) is 3.65. The van der Waals surface area contributed by atoms with Gasteiger partial charge in [0.05, 0.1) is 17.3 Å². The third-order valence-corrected chi connectivity index (χ3v) is 6.90. The smallest absolute Gasteiger partial charge is 0.251 e. The third kappa shape index (κ3) is 4.60. The second-order valence-electron chi connectivity index (χ2n) is 9.51. The Hall–Kier alpha value is -3.81. The van der Waals surface area contributed by atoms with E-state index < -0.39 is 0 Å². The molecule has 8 heteroatoms. The maximum absolute atomic E-state index is 13.1. The summed E-state index contributed by atoms with van der Waals surface area (Å²) in [6, 6.07) is 16.1. The second kappa shape index (κ2) is 9.09. The molecular formula is C27H27FN6O. The van der Waals surface area contributed by atoms with Gasteiger partial charge in [-0.05, 0) is 74.9 Å². The number of halogens is 1. The van der Waals surface area contributed by atoms with Gasteiger partial charge < -0.3 is 10.6 Å². The molecule has 178 valence electrons. The molecular weight excluding hydrogens is 443 g/mol. The van der Waals surface area contributed by atoms with Crippen LogP contribution in [0.1, 0.15) is 60.6 Å². The number of carbonyl (C=O) groups is 1. The molecule has 0 saturated heterocycles. The molecule has 0 radical (unpaired) electrons. The second-order valence-corrected chi connectivity index (χ2v) is 9.51. The molecule has 2 aromatic heterocycles. The fraction of sp³-hybridized carbons (Fsp3) is 0.333. The first-order chi connectivity index (χ1) is 17.1. The van der Waals surface area contributed by atoms with E-state index in [1.54, 1.807) is 0 Å². The van der Waals surface area contributed by atoms with E-state index in [0.29, 0.717) is 11.5 Å². The number of hydrogen-bond donors (Lipinski definition) is 2. The standard InChI is InChI=1S/C27H27FN6O/c28-19-10-8-18(9-11-19)27(35)31-21-14-12-20(13-15-21)30-25-23-16-29-34(22-4-2-1-3-5-22)26(23)33-24(32-25)17-6-7-17/h1-5,8-11,16-17,20-21H,6-7,12-15H2,(H,31,35)(H,30,32,33). The molecule has 2 aromatic carbocycles. The van der Waals surface area contributed by atoms with Crippen LogP contribution >= 0.6 is 0 Å². The van der Waals surface area contributed by atoms with Gasteiger partial charge in [0.1, 0.15) is 17.5 Å². The van der Waals surface area contributed by atoms with Crippen LogP contribution in [0, 0.1) is 5.82 Å². The molecule has 7 nitrogen and oxygen atoms in total. The lowest BCUT2D eigenvalue weighted by molar-refractivity contribution is 0.0926. The monoisotopic (exact) mass is 470 g/mol. The first-order valence-corrected chi connectivity index (χ1v) is 12.3. The number of aromatic nitrogens is 4. The van der Waals surface area contributed by atoms with E-state index in [0.717, 1.165) is 66.9 Å². The summed E-state index contributed by atoms with van der Waals surface area (Å²) in [6.07, 6.45) is 7.69. The van der Waals surface area contributed by atoms with E-state index >= 15 is 0 Å². The lowest BCUT2D eigenvalue weighted by Crippen LogP contribution is -2.40. The molecule has 0 aliphatic heterocycles. The number of nitrogens with zero attached hydrogens (tertiary/aromatic N) is 4. The fourth-order valence-electron chi connectivity index (χ4n) is 4.76. The molecule has 2 saturated carbocycles. The number of carbonyl (C=O) groups excluding carboxylic acids is 1. The van der Waals surface area contributed by atoms with E-state index in [2.05, 4.69) is 15.7 Å². The van der Waals surface area contributed by atoms with Gasteiger partial charge in [0, 0.05) is 23.6 Å². The maximum atomic E-state index is 13.1. The Bertz CT molecular complexity index is 1340. The Morgan fingerprint density at radius 3 is 2.31 bits per heavy atom. The van der Waals surface area contributed by atoms with Crippen molar-refractivity contribution < 1.29 is 9.18 Å². The number of rotatable bonds is 6. The zero-order chi connectivity index (χ0) is 23.8. The highest BCUT2D eigenvalue weighted by molar-refractivity contribution is 5.94. The van der Waals surface area contributed by atoms with E-state index in [4.69, 9.17) is 9.97 Å². The zero-order valence-electron chi connectivity index (χ0n) is 19.3. The summed E-state index contributed by atoms with van der Waals surface area (Å²) in [5.74, 6) is 1.67.